The Labute approximate surface area is 79.7 Å². The van der Waals surface area contributed by atoms with Crippen molar-refractivity contribution >= 4 is 5.97 Å². The van der Waals surface area contributed by atoms with Gasteiger partial charge in [0.1, 0.15) is 0 Å². The molecule has 78 valence electrons. The van der Waals surface area contributed by atoms with Crippen molar-refractivity contribution in [1.82, 2.24) is 4.90 Å². The summed E-state index contributed by atoms with van der Waals surface area (Å²) in [6.07, 6.45) is 1.23. The van der Waals surface area contributed by atoms with Gasteiger partial charge in [-0.2, -0.15) is 0 Å². The summed E-state index contributed by atoms with van der Waals surface area (Å²) in [4.78, 5) is 12.5. The molecule has 0 fully saturated rings. The zero-order valence-corrected chi connectivity index (χ0v) is 8.49. The van der Waals surface area contributed by atoms with Crippen molar-refractivity contribution < 1.29 is 9.90 Å². The monoisotopic (exact) mass is 188 g/mol. The minimum atomic E-state index is -0.745. The molecule has 0 heterocycles. The molecule has 0 saturated carbocycles. The first-order valence-corrected chi connectivity index (χ1v) is 4.77. The molecule has 0 radical (unpaired) electrons. The number of rotatable bonds is 7. The standard InChI is InChI=1S/C9H20N2O2/c1-3-8(2)11(7-5-10)6-4-9(12)13/h8H,3-7,10H2,1-2H3,(H,12,13). The number of nitrogens with zero attached hydrogens (tertiary/aromatic N) is 1. The van der Waals surface area contributed by atoms with Crippen LogP contribution in [0, 0.1) is 0 Å². The molecule has 1 unspecified atom stereocenters. The molecule has 0 spiro atoms. The van der Waals surface area contributed by atoms with Gasteiger partial charge in [-0.3, -0.25) is 9.69 Å². The fraction of sp³-hybridized carbons (Fsp3) is 0.889. The summed E-state index contributed by atoms with van der Waals surface area (Å²) < 4.78 is 0. The Morgan fingerprint density at radius 2 is 2.15 bits per heavy atom. The van der Waals surface area contributed by atoms with Crippen LogP contribution in [0.1, 0.15) is 26.7 Å². The molecular weight excluding hydrogens is 168 g/mol. The Hall–Kier alpha value is -0.610. The highest BCUT2D eigenvalue weighted by Gasteiger charge is 2.11. The third-order valence-corrected chi connectivity index (χ3v) is 2.24. The molecule has 0 aromatic rings. The average Bonchev–Trinajstić information content (AvgIpc) is 2.10. The highest BCUT2D eigenvalue weighted by atomic mass is 16.4. The Balaban J connectivity index is 3.86. The molecule has 0 saturated heterocycles. The Morgan fingerprint density at radius 1 is 1.54 bits per heavy atom. The van der Waals surface area contributed by atoms with Gasteiger partial charge in [-0.1, -0.05) is 6.92 Å². The van der Waals surface area contributed by atoms with Crippen LogP contribution in [0.25, 0.3) is 0 Å². The van der Waals surface area contributed by atoms with Gasteiger partial charge in [-0.15, -0.1) is 0 Å². The molecule has 0 aliphatic rings. The summed E-state index contributed by atoms with van der Waals surface area (Å²) in [6.45, 7) is 6.15. The number of hydrogen-bond donors (Lipinski definition) is 2. The van der Waals surface area contributed by atoms with Crippen LogP contribution in [0.5, 0.6) is 0 Å². The predicted molar refractivity (Wildman–Crippen MR) is 52.6 cm³/mol. The number of aliphatic carboxylic acids is 1. The molecule has 4 heteroatoms. The number of carbonyl (C=O) groups is 1. The van der Waals surface area contributed by atoms with E-state index in [1.54, 1.807) is 0 Å². The molecule has 0 aliphatic heterocycles. The van der Waals surface area contributed by atoms with E-state index in [0.717, 1.165) is 13.0 Å². The lowest BCUT2D eigenvalue weighted by Crippen LogP contribution is -2.38. The zero-order chi connectivity index (χ0) is 10.3. The third-order valence-electron chi connectivity index (χ3n) is 2.24. The minimum Gasteiger partial charge on any atom is -0.481 e. The van der Waals surface area contributed by atoms with Gasteiger partial charge in [0.05, 0.1) is 6.42 Å². The first-order valence-electron chi connectivity index (χ1n) is 4.77. The van der Waals surface area contributed by atoms with Crippen molar-refractivity contribution in [3.8, 4) is 0 Å². The second-order valence-electron chi connectivity index (χ2n) is 3.23. The van der Waals surface area contributed by atoms with Gasteiger partial charge in [0, 0.05) is 25.7 Å². The molecule has 0 rings (SSSR count). The van der Waals surface area contributed by atoms with E-state index >= 15 is 0 Å². The van der Waals surface area contributed by atoms with Gasteiger partial charge in [-0.05, 0) is 13.3 Å². The maximum atomic E-state index is 10.4. The smallest absolute Gasteiger partial charge is 0.304 e. The lowest BCUT2D eigenvalue weighted by Gasteiger charge is -2.27. The molecule has 13 heavy (non-hydrogen) atoms. The molecule has 0 amide bonds. The van der Waals surface area contributed by atoms with E-state index in [1.807, 2.05) is 0 Å². The van der Waals surface area contributed by atoms with Crippen molar-refractivity contribution in [2.24, 2.45) is 5.73 Å². The lowest BCUT2D eigenvalue weighted by molar-refractivity contribution is -0.137. The van der Waals surface area contributed by atoms with Crippen molar-refractivity contribution in [3.63, 3.8) is 0 Å². The fourth-order valence-electron chi connectivity index (χ4n) is 1.22. The lowest BCUT2D eigenvalue weighted by atomic mass is 10.2. The number of carboxylic acid groups (broad SMARTS) is 1. The van der Waals surface area contributed by atoms with Crippen LogP contribution in [0.3, 0.4) is 0 Å². The van der Waals surface area contributed by atoms with Gasteiger partial charge in [0.2, 0.25) is 0 Å². The number of nitrogens with two attached hydrogens (primary N) is 1. The fourth-order valence-corrected chi connectivity index (χ4v) is 1.22. The van der Waals surface area contributed by atoms with Crippen LogP contribution in [0.15, 0.2) is 0 Å². The van der Waals surface area contributed by atoms with Gasteiger partial charge in [0.15, 0.2) is 0 Å². The van der Waals surface area contributed by atoms with E-state index < -0.39 is 5.97 Å². The van der Waals surface area contributed by atoms with Gasteiger partial charge < -0.3 is 10.8 Å². The zero-order valence-electron chi connectivity index (χ0n) is 8.49. The molecular formula is C9H20N2O2. The third kappa shape index (κ3) is 5.60. The number of carboxylic acids is 1. The van der Waals surface area contributed by atoms with E-state index in [9.17, 15) is 4.79 Å². The topological polar surface area (TPSA) is 66.6 Å². The number of hydrogen-bond acceptors (Lipinski definition) is 3. The first-order chi connectivity index (χ1) is 6.11. The van der Waals surface area contributed by atoms with Gasteiger partial charge in [0.25, 0.3) is 0 Å². The van der Waals surface area contributed by atoms with Crippen LogP contribution < -0.4 is 5.73 Å². The highest BCUT2D eigenvalue weighted by Crippen LogP contribution is 2.03. The Kier molecular flexibility index (Phi) is 6.54. The maximum absolute atomic E-state index is 10.4. The normalized spacial score (nSPS) is 13.2. The molecule has 4 nitrogen and oxygen atoms in total. The van der Waals surface area contributed by atoms with Crippen LogP contribution >= 0.6 is 0 Å². The van der Waals surface area contributed by atoms with Crippen LogP contribution in [0.2, 0.25) is 0 Å². The summed E-state index contributed by atoms with van der Waals surface area (Å²) >= 11 is 0. The summed E-state index contributed by atoms with van der Waals surface area (Å²) in [5.41, 5.74) is 5.44. The predicted octanol–water partition coefficient (Wildman–Crippen LogP) is 0.520. The Bertz CT molecular complexity index is 151. The van der Waals surface area contributed by atoms with E-state index in [1.165, 1.54) is 0 Å². The van der Waals surface area contributed by atoms with Crippen LogP contribution in [-0.2, 0) is 4.79 Å². The van der Waals surface area contributed by atoms with E-state index in [4.69, 9.17) is 10.8 Å². The molecule has 0 aliphatic carbocycles. The summed E-state index contributed by atoms with van der Waals surface area (Å²) in [5.74, 6) is -0.745. The van der Waals surface area contributed by atoms with Gasteiger partial charge in [-0.25, -0.2) is 0 Å². The molecule has 0 aromatic carbocycles. The molecule has 0 aromatic heterocycles. The quantitative estimate of drug-likeness (QED) is 0.611. The highest BCUT2D eigenvalue weighted by molar-refractivity contribution is 5.66. The van der Waals surface area contributed by atoms with Crippen molar-refractivity contribution in [2.45, 2.75) is 32.7 Å². The maximum Gasteiger partial charge on any atom is 0.304 e. The van der Waals surface area contributed by atoms with Crippen molar-refractivity contribution in [2.75, 3.05) is 19.6 Å². The van der Waals surface area contributed by atoms with Crippen molar-refractivity contribution in [3.05, 3.63) is 0 Å². The molecule has 3 N–H and O–H groups in total. The SMILES string of the molecule is CCC(C)N(CCN)CCC(=O)O. The minimum absolute atomic E-state index is 0.199. The largest absolute Gasteiger partial charge is 0.481 e. The van der Waals surface area contributed by atoms with Crippen molar-refractivity contribution in [1.29, 1.82) is 0 Å². The summed E-state index contributed by atoms with van der Waals surface area (Å²) in [6, 6.07) is 0.419. The van der Waals surface area contributed by atoms with E-state index in [2.05, 4.69) is 18.7 Å². The Morgan fingerprint density at radius 3 is 2.54 bits per heavy atom. The molecule has 1 atom stereocenters. The second-order valence-corrected chi connectivity index (χ2v) is 3.23. The summed E-state index contributed by atoms with van der Waals surface area (Å²) in [7, 11) is 0. The van der Waals surface area contributed by atoms with Gasteiger partial charge >= 0.3 is 5.97 Å². The second kappa shape index (κ2) is 6.86. The van der Waals surface area contributed by atoms with Crippen LogP contribution in [-0.4, -0.2) is 41.7 Å². The summed E-state index contributed by atoms with van der Waals surface area (Å²) in [5, 5.41) is 8.53. The average molecular weight is 188 g/mol. The first kappa shape index (κ1) is 12.4. The van der Waals surface area contributed by atoms with Crippen LogP contribution in [0.4, 0.5) is 0 Å². The van der Waals surface area contributed by atoms with E-state index in [0.29, 0.717) is 19.1 Å². The molecule has 0 bridgehead atoms. The van der Waals surface area contributed by atoms with E-state index in [-0.39, 0.29) is 6.42 Å².